The molecule has 6 nitrogen and oxygen atoms in total. The molecule has 1 aromatic carbocycles. The Morgan fingerprint density at radius 2 is 2.00 bits per heavy atom. The number of hydrogen-bond acceptors (Lipinski definition) is 4. The fourth-order valence-electron chi connectivity index (χ4n) is 1.75. The number of benzene rings is 1. The van der Waals surface area contributed by atoms with E-state index >= 15 is 0 Å². The first-order valence-electron chi connectivity index (χ1n) is 7.14. The molecule has 0 atom stereocenters. The summed E-state index contributed by atoms with van der Waals surface area (Å²) in [5, 5.41) is 13.6. The molecule has 0 bridgehead atoms. The molecule has 1 rings (SSSR count). The molecule has 0 saturated carbocycles. The predicted molar refractivity (Wildman–Crippen MR) is 91.4 cm³/mol. The van der Waals surface area contributed by atoms with Crippen molar-refractivity contribution in [1.29, 1.82) is 5.41 Å². The number of aldehydes is 1. The number of urea groups is 1. The van der Waals surface area contributed by atoms with Gasteiger partial charge in [-0.1, -0.05) is 25.4 Å². The lowest BCUT2D eigenvalue weighted by molar-refractivity contribution is -0.107. The van der Waals surface area contributed by atoms with Gasteiger partial charge in [0.1, 0.15) is 20.0 Å². The first kappa shape index (κ1) is 19.7. The van der Waals surface area contributed by atoms with Crippen LogP contribution in [0.1, 0.15) is 25.8 Å². The summed E-state index contributed by atoms with van der Waals surface area (Å²) in [4.78, 5) is 23.5. The maximum atomic E-state index is 11.8. The van der Waals surface area contributed by atoms with Crippen molar-refractivity contribution >= 4 is 37.1 Å². The van der Waals surface area contributed by atoms with Gasteiger partial charge in [-0.05, 0) is 12.1 Å². The van der Waals surface area contributed by atoms with Gasteiger partial charge in [0.15, 0.2) is 0 Å². The molecular formula is C15H23BN4O2. The van der Waals surface area contributed by atoms with E-state index in [1.807, 2.05) is 13.8 Å². The van der Waals surface area contributed by atoms with E-state index in [9.17, 15) is 9.59 Å². The quantitative estimate of drug-likeness (QED) is 0.329. The van der Waals surface area contributed by atoms with Gasteiger partial charge in [-0.2, -0.15) is 0 Å². The molecular weight excluding hydrogens is 279 g/mol. The average molecular weight is 302 g/mol. The van der Waals surface area contributed by atoms with Crippen LogP contribution in [0.2, 0.25) is 0 Å². The first-order valence-corrected chi connectivity index (χ1v) is 7.14. The van der Waals surface area contributed by atoms with Crippen LogP contribution in [-0.2, 0) is 4.79 Å². The van der Waals surface area contributed by atoms with Gasteiger partial charge in [0.05, 0.1) is 0 Å². The Bertz CT molecular complexity index is 520. The van der Waals surface area contributed by atoms with Crippen LogP contribution < -0.4 is 16.1 Å². The molecule has 0 heterocycles. The number of amides is 2. The van der Waals surface area contributed by atoms with Crippen LogP contribution in [0.4, 0.5) is 10.5 Å². The van der Waals surface area contributed by atoms with Crippen LogP contribution in [-0.4, -0.2) is 51.5 Å². The Hall–Kier alpha value is -2.31. The minimum absolute atomic E-state index is 0.00977. The van der Waals surface area contributed by atoms with E-state index in [1.165, 1.54) is 11.9 Å². The van der Waals surface area contributed by atoms with E-state index in [0.29, 0.717) is 23.0 Å². The molecule has 0 unspecified atom stereocenters. The normalized spacial score (nSPS) is 9.09. The second-order valence-electron chi connectivity index (χ2n) is 4.07. The van der Waals surface area contributed by atoms with E-state index < -0.39 is 6.03 Å². The highest BCUT2D eigenvalue weighted by Gasteiger charge is 2.20. The van der Waals surface area contributed by atoms with Gasteiger partial charge < -0.3 is 15.4 Å². The van der Waals surface area contributed by atoms with Crippen molar-refractivity contribution in [1.82, 2.24) is 10.2 Å². The smallest absolute Gasteiger partial charge is 0.322 e. The molecule has 118 valence electrons. The zero-order valence-corrected chi connectivity index (χ0v) is 13.6. The Labute approximate surface area is 133 Å². The molecule has 3 N–H and O–H groups in total. The van der Waals surface area contributed by atoms with E-state index in [2.05, 4.69) is 10.6 Å². The molecule has 0 fully saturated rings. The number of anilines is 1. The van der Waals surface area contributed by atoms with Crippen molar-refractivity contribution in [2.75, 3.05) is 26.0 Å². The molecule has 0 aliphatic rings. The van der Waals surface area contributed by atoms with Crippen LogP contribution in [0, 0.1) is 5.41 Å². The van der Waals surface area contributed by atoms with Gasteiger partial charge in [-0.3, -0.25) is 10.3 Å². The summed E-state index contributed by atoms with van der Waals surface area (Å²) < 4.78 is 0. The maximum absolute atomic E-state index is 11.8. The van der Waals surface area contributed by atoms with Crippen LogP contribution >= 0.6 is 0 Å². The summed E-state index contributed by atoms with van der Waals surface area (Å²) in [5.41, 5.74) is 1.75. The first-order chi connectivity index (χ1) is 10.5. The number of carbonyl (C=O) groups excluding carboxylic acids is 2. The lowest BCUT2D eigenvalue weighted by Gasteiger charge is -2.23. The number of hydrogen-bond donors (Lipinski definition) is 3. The molecule has 0 aromatic heterocycles. The Morgan fingerprint density at radius 3 is 2.50 bits per heavy atom. The van der Waals surface area contributed by atoms with Crippen LogP contribution in [0.5, 0.6) is 0 Å². The van der Waals surface area contributed by atoms with E-state index in [-0.39, 0.29) is 18.8 Å². The summed E-state index contributed by atoms with van der Waals surface area (Å²) >= 11 is 0. The molecule has 2 radical (unpaired) electrons. The monoisotopic (exact) mass is 302 g/mol. The zero-order chi connectivity index (χ0) is 17.1. The second kappa shape index (κ2) is 10.4. The van der Waals surface area contributed by atoms with Crippen LogP contribution in [0.25, 0.3) is 0 Å². The molecule has 2 amide bonds. The highest BCUT2D eigenvalue weighted by Crippen LogP contribution is 2.15. The molecule has 0 spiro atoms. The SMILES string of the molecule is CC.[B]c1ccc(C(=N)N(CCC=O)C(=O)NC)c(NC)c1. The van der Waals surface area contributed by atoms with Gasteiger partial charge in [0.25, 0.3) is 0 Å². The lowest BCUT2D eigenvalue weighted by Crippen LogP contribution is -2.43. The average Bonchev–Trinajstić information content (AvgIpc) is 2.56. The third-order valence-electron chi connectivity index (χ3n) is 2.77. The van der Waals surface area contributed by atoms with Crippen molar-refractivity contribution in [2.45, 2.75) is 20.3 Å². The van der Waals surface area contributed by atoms with E-state index in [1.54, 1.807) is 25.2 Å². The minimum atomic E-state index is -0.435. The predicted octanol–water partition coefficient (Wildman–Crippen LogP) is 1.10. The van der Waals surface area contributed by atoms with Crippen molar-refractivity contribution in [3.8, 4) is 0 Å². The molecule has 0 aliphatic heterocycles. The van der Waals surface area contributed by atoms with E-state index in [4.69, 9.17) is 13.3 Å². The topological polar surface area (TPSA) is 85.3 Å². The summed E-state index contributed by atoms with van der Waals surface area (Å²) in [7, 11) is 8.88. The Kier molecular flexibility index (Phi) is 9.33. The number of rotatable bonds is 5. The Balaban J connectivity index is 0.00000211. The summed E-state index contributed by atoms with van der Waals surface area (Å²) in [6, 6.07) is 4.58. The van der Waals surface area contributed by atoms with Crippen LogP contribution in [0.15, 0.2) is 18.2 Å². The number of amidine groups is 1. The highest BCUT2D eigenvalue weighted by molar-refractivity contribution is 6.33. The molecule has 1 aromatic rings. The van der Waals surface area contributed by atoms with Gasteiger partial charge in [0, 0.05) is 38.3 Å². The second-order valence-corrected chi connectivity index (χ2v) is 4.07. The summed E-state index contributed by atoms with van der Waals surface area (Å²) in [5.74, 6) is 0.00977. The van der Waals surface area contributed by atoms with E-state index in [0.717, 1.165) is 0 Å². The number of nitrogens with one attached hydrogen (secondary N) is 3. The van der Waals surface area contributed by atoms with Crippen molar-refractivity contribution < 1.29 is 9.59 Å². The van der Waals surface area contributed by atoms with Crippen molar-refractivity contribution in [2.24, 2.45) is 0 Å². The highest BCUT2D eigenvalue weighted by atomic mass is 16.2. The lowest BCUT2D eigenvalue weighted by atomic mass is 9.93. The van der Waals surface area contributed by atoms with Gasteiger partial charge in [-0.25, -0.2) is 4.79 Å². The van der Waals surface area contributed by atoms with Gasteiger partial charge >= 0.3 is 6.03 Å². The number of carbonyl (C=O) groups is 2. The standard InChI is InChI=1S/C13H17BN4O2.C2H6/c1-16-11-8-9(14)4-5-10(11)12(15)18(6-3-7-19)13(20)17-2;1-2/h4-5,7-8,15-16H,3,6H2,1-2H3,(H,17,20);1-2H3. The minimum Gasteiger partial charge on any atom is -0.388 e. The molecule has 7 heteroatoms. The third-order valence-corrected chi connectivity index (χ3v) is 2.77. The summed E-state index contributed by atoms with van der Waals surface area (Å²) in [6.07, 6.45) is 0.880. The fourth-order valence-corrected chi connectivity index (χ4v) is 1.75. The van der Waals surface area contributed by atoms with Crippen molar-refractivity contribution in [3.63, 3.8) is 0 Å². The maximum Gasteiger partial charge on any atom is 0.322 e. The van der Waals surface area contributed by atoms with Gasteiger partial charge in [-0.15, -0.1) is 0 Å². The van der Waals surface area contributed by atoms with Crippen molar-refractivity contribution in [3.05, 3.63) is 23.8 Å². The van der Waals surface area contributed by atoms with Gasteiger partial charge in [0.2, 0.25) is 0 Å². The molecule has 0 aliphatic carbocycles. The fraction of sp³-hybridized carbons (Fsp3) is 0.400. The van der Waals surface area contributed by atoms with Crippen LogP contribution in [0.3, 0.4) is 0 Å². The largest absolute Gasteiger partial charge is 0.388 e. The number of nitrogens with zero attached hydrogens (tertiary/aromatic N) is 1. The summed E-state index contributed by atoms with van der Waals surface area (Å²) in [6.45, 7) is 4.15. The Morgan fingerprint density at radius 1 is 1.36 bits per heavy atom. The zero-order valence-electron chi connectivity index (χ0n) is 13.6. The molecule has 22 heavy (non-hydrogen) atoms. The third kappa shape index (κ3) is 5.23. The molecule has 0 saturated heterocycles.